The van der Waals surface area contributed by atoms with Crippen LogP contribution in [0.2, 0.25) is 0 Å². The number of aryl methyl sites for hydroxylation is 1. The minimum atomic E-state index is -0.309. The van der Waals surface area contributed by atoms with Gasteiger partial charge in [0.1, 0.15) is 5.69 Å². The summed E-state index contributed by atoms with van der Waals surface area (Å²) in [5.74, 6) is -0.309. The van der Waals surface area contributed by atoms with Gasteiger partial charge in [-0.3, -0.25) is 14.6 Å². The first kappa shape index (κ1) is 14.9. The molecule has 2 rings (SSSR count). The van der Waals surface area contributed by atoms with E-state index in [4.69, 9.17) is 0 Å². The van der Waals surface area contributed by atoms with E-state index in [1.807, 2.05) is 26.0 Å². The highest BCUT2D eigenvalue weighted by Crippen LogP contribution is 2.10. The van der Waals surface area contributed by atoms with Gasteiger partial charge in [-0.05, 0) is 31.0 Å². The van der Waals surface area contributed by atoms with Gasteiger partial charge in [-0.15, -0.1) is 0 Å². The van der Waals surface area contributed by atoms with Crippen molar-refractivity contribution in [3.63, 3.8) is 0 Å². The fraction of sp³-hybridized carbons (Fsp3) is 0.333. The van der Waals surface area contributed by atoms with E-state index in [-0.39, 0.29) is 23.2 Å². The van der Waals surface area contributed by atoms with Gasteiger partial charge in [-0.2, -0.15) is 5.10 Å². The van der Waals surface area contributed by atoms with Crippen molar-refractivity contribution < 1.29 is 4.79 Å². The van der Waals surface area contributed by atoms with Gasteiger partial charge < -0.3 is 5.32 Å². The summed E-state index contributed by atoms with van der Waals surface area (Å²) in [4.78, 5) is 27.8. The number of aromatic nitrogens is 3. The Kier molecular flexibility index (Phi) is 4.81. The predicted molar refractivity (Wildman–Crippen MR) is 78.9 cm³/mol. The summed E-state index contributed by atoms with van der Waals surface area (Å²) >= 11 is 0. The maximum absolute atomic E-state index is 12.2. The highest BCUT2D eigenvalue weighted by Gasteiger charge is 2.13. The second-order valence-corrected chi connectivity index (χ2v) is 4.76. The first-order valence-corrected chi connectivity index (χ1v) is 6.90. The monoisotopic (exact) mass is 286 g/mol. The van der Waals surface area contributed by atoms with Crippen LogP contribution in [0.1, 0.15) is 42.4 Å². The van der Waals surface area contributed by atoms with Crippen LogP contribution in [-0.4, -0.2) is 20.7 Å². The second kappa shape index (κ2) is 6.78. The van der Waals surface area contributed by atoms with Crippen molar-refractivity contribution in [2.75, 3.05) is 0 Å². The number of pyridine rings is 1. The third-order valence-electron chi connectivity index (χ3n) is 3.07. The van der Waals surface area contributed by atoms with Gasteiger partial charge in [0.15, 0.2) is 0 Å². The Hall–Kier alpha value is -2.50. The van der Waals surface area contributed by atoms with E-state index in [0.717, 1.165) is 12.0 Å². The molecule has 1 N–H and O–H groups in total. The van der Waals surface area contributed by atoms with Gasteiger partial charge >= 0.3 is 0 Å². The van der Waals surface area contributed by atoms with Crippen molar-refractivity contribution >= 4 is 5.91 Å². The molecule has 1 amide bonds. The molecule has 0 aliphatic rings. The third kappa shape index (κ3) is 3.75. The molecule has 0 aliphatic heterocycles. The van der Waals surface area contributed by atoms with Crippen LogP contribution in [0.4, 0.5) is 0 Å². The van der Waals surface area contributed by atoms with E-state index in [0.29, 0.717) is 6.54 Å². The Morgan fingerprint density at radius 3 is 2.86 bits per heavy atom. The minimum absolute atomic E-state index is 0.181. The molecule has 6 nitrogen and oxygen atoms in total. The molecule has 0 aliphatic carbocycles. The van der Waals surface area contributed by atoms with Crippen molar-refractivity contribution in [2.24, 2.45) is 0 Å². The van der Waals surface area contributed by atoms with Crippen LogP contribution in [0, 0.1) is 0 Å². The molecule has 2 aromatic heterocycles. The number of nitrogens with one attached hydrogen (secondary N) is 1. The summed E-state index contributed by atoms with van der Waals surface area (Å²) < 4.78 is 1.31. The van der Waals surface area contributed by atoms with Crippen LogP contribution in [0.25, 0.3) is 0 Å². The molecule has 0 saturated carbocycles. The molecule has 0 spiro atoms. The van der Waals surface area contributed by atoms with E-state index in [1.165, 1.54) is 16.8 Å². The number of hydrogen-bond acceptors (Lipinski definition) is 4. The standard InChI is InChI=1S/C15H18N4O2/c1-3-9-19-14(20)7-6-13(18-19)15(21)17-11(2)12-5-4-8-16-10-12/h4-8,10-11H,3,9H2,1-2H3,(H,17,21)/t11-/m0/s1. The van der Waals surface area contributed by atoms with Crippen LogP contribution < -0.4 is 10.9 Å². The fourth-order valence-electron chi connectivity index (χ4n) is 1.93. The predicted octanol–water partition coefficient (Wildman–Crippen LogP) is 1.54. The molecule has 110 valence electrons. The lowest BCUT2D eigenvalue weighted by Gasteiger charge is -2.13. The molecule has 0 aromatic carbocycles. The van der Waals surface area contributed by atoms with Crippen LogP contribution in [0.5, 0.6) is 0 Å². The molecule has 0 saturated heterocycles. The molecule has 2 heterocycles. The zero-order chi connectivity index (χ0) is 15.2. The molecule has 0 bridgehead atoms. The van der Waals surface area contributed by atoms with Crippen LogP contribution in [0.3, 0.4) is 0 Å². The number of nitrogens with zero attached hydrogens (tertiary/aromatic N) is 3. The third-order valence-corrected chi connectivity index (χ3v) is 3.07. The van der Waals surface area contributed by atoms with E-state index >= 15 is 0 Å². The van der Waals surface area contributed by atoms with Crippen LogP contribution >= 0.6 is 0 Å². The average Bonchev–Trinajstić information content (AvgIpc) is 2.50. The molecule has 6 heteroatoms. The number of hydrogen-bond donors (Lipinski definition) is 1. The summed E-state index contributed by atoms with van der Waals surface area (Å²) in [6.45, 7) is 4.32. The van der Waals surface area contributed by atoms with E-state index in [2.05, 4.69) is 15.4 Å². The number of carbonyl (C=O) groups is 1. The Bertz CT molecular complexity index is 667. The maximum Gasteiger partial charge on any atom is 0.272 e. The molecule has 21 heavy (non-hydrogen) atoms. The van der Waals surface area contributed by atoms with Crippen molar-refractivity contribution in [3.8, 4) is 0 Å². The molecule has 1 atom stereocenters. The maximum atomic E-state index is 12.2. The summed E-state index contributed by atoms with van der Waals surface area (Å²) in [7, 11) is 0. The Morgan fingerprint density at radius 1 is 1.38 bits per heavy atom. The van der Waals surface area contributed by atoms with E-state index < -0.39 is 0 Å². The molecular weight excluding hydrogens is 268 g/mol. The highest BCUT2D eigenvalue weighted by atomic mass is 16.2. The van der Waals surface area contributed by atoms with Crippen LogP contribution in [-0.2, 0) is 6.54 Å². The first-order chi connectivity index (χ1) is 10.1. The number of carbonyl (C=O) groups excluding carboxylic acids is 1. The Balaban J connectivity index is 2.13. The van der Waals surface area contributed by atoms with Crippen molar-refractivity contribution in [2.45, 2.75) is 32.9 Å². The lowest BCUT2D eigenvalue weighted by molar-refractivity contribution is 0.0932. The quantitative estimate of drug-likeness (QED) is 0.904. The number of amides is 1. The van der Waals surface area contributed by atoms with Crippen molar-refractivity contribution in [1.29, 1.82) is 0 Å². The topological polar surface area (TPSA) is 76.9 Å². The van der Waals surface area contributed by atoms with Gasteiger partial charge in [0, 0.05) is 25.0 Å². The largest absolute Gasteiger partial charge is 0.344 e. The summed E-state index contributed by atoms with van der Waals surface area (Å²) in [6.07, 6.45) is 4.17. The zero-order valence-corrected chi connectivity index (χ0v) is 12.1. The molecule has 2 aromatic rings. The van der Waals surface area contributed by atoms with E-state index in [9.17, 15) is 9.59 Å². The van der Waals surface area contributed by atoms with Gasteiger partial charge in [-0.25, -0.2) is 4.68 Å². The molecule has 0 unspecified atom stereocenters. The highest BCUT2D eigenvalue weighted by molar-refractivity contribution is 5.92. The van der Waals surface area contributed by atoms with Gasteiger partial charge in [0.25, 0.3) is 11.5 Å². The molecular formula is C15H18N4O2. The van der Waals surface area contributed by atoms with Crippen molar-refractivity contribution in [1.82, 2.24) is 20.1 Å². The van der Waals surface area contributed by atoms with Gasteiger partial charge in [0.05, 0.1) is 6.04 Å². The summed E-state index contributed by atoms with van der Waals surface area (Å²) in [5.41, 5.74) is 0.945. The molecule has 0 radical (unpaired) electrons. The van der Waals surface area contributed by atoms with Gasteiger partial charge in [-0.1, -0.05) is 13.0 Å². The SMILES string of the molecule is CCCn1nc(C(=O)N[C@@H](C)c2cccnc2)ccc1=O. The number of rotatable bonds is 5. The lowest BCUT2D eigenvalue weighted by Crippen LogP contribution is -2.31. The normalized spacial score (nSPS) is 11.9. The minimum Gasteiger partial charge on any atom is -0.344 e. The Labute approximate surface area is 122 Å². The van der Waals surface area contributed by atoms with Gasteiger partial charge in [0.2, 0.25) is 0 Å². The lowest BCUT2D eigenvalue weighted by atomic mass is 10.1. The smallest absolute Gasteiger partial charge is 0.272 e. The second-order valence-electron chi connectivity index (χ2n) is 4.76. The fourth-order valence-corrected chi connectivity index (χ4v) is 1.93. The summed E-state index contributed by atoms with van der Waals surface area (Å²) in [6, 6.07) is 6.34. The van der Waals surface area contributed by atoms with E-state index in [1.54, 1.807) is 12.4 Å². The molecule has 0 fully saturated rings. The summed E-state index contributed by atoms with van der Waals surface area (Å²) in [5, 5.41) is 6.93. The average molecular weight is 286 g/mol. The first-order valence-electron chi connectivity index (χ1n) is 6.90. The zero-order valence-electron chi connectivity index (χ0n) is 12.1. The van der Waals surface area contributed by atoms with Crippen molar-refractivity contribution in [3.05, 3.63) is 58.3 Å². The Morgan fingerprint density at radius 2 is 2.19 bits per heavy atom. The van der Waals surface area contributed by atoms with Crippen LogP contribution in [0.15, 0.2) is 41.5 Å².